The van der Waals surface area contributed by atoms with Crippen LogP contribution in [0.25, 0.3) is 11.3 Å². The van der Waals surface area contributed by atoms with Crippen molar-refractivity contribution in [3.05, 3.63) is 45.8 Å². The van der Waals surface area contributed by atoms with E-state index in [0.717, 1.165) is 23.9 Å². The molecule has 27 heavy (non-hydrogen) atoms. The first-order valence-electron chi connectivity index (χ1n) is 7.08. The summed E-state index contributed by atoms with van der Waals surface area (Å²) in [6, 6.07) is 2.62. The summed E-state index contributed by atoms with van der Waals surface area (Å²) in [4.78, 5) is 15.3. The van der Waals surface area contributed by atoms with Crippen molar-refractivity contribution >= 4 is 40.9 Å². The molecule has 2 aromatic rings. The average Bonchev–Trinajstić information content (AvgIpc) is 2.60. The summed E-state index contributed by atoms with van der Waals surface area (Å²) in [5, 5.41) is -0.561. The first kappa shape index (κ1) is 21.6. The minimum Gasteiger partial charge on any atom is -0.466 e. The number of thioether (sulfide) groups is 1. The molecule has 4 nitrogen and oxygen atoms in total. The number of hydrogen-bond donors (Lipinski definition) is 0. The number of carbonyl (C=O) groups is 1. The molecular formula is C16H11Cl2F4NO3S. The number of benzene rings is 1. The first-order valence-corrected chi connectivity index (χ1v) is 9.12. The predicted molar refractivity (Wildman–Crippen MR) is 94.6 cm³/mol. The zero-order chi connectivity index (χ0) is 20.4. The number of aromatic nitrogens is 1. The van der Waals surface area contributed by atoms with Crippen LogP contribution in [0.15, 0.2) is 24.4 Å². The van der Waals surface area contributed by atoms with Crippen LogP contribution < -0.4 is 4.74 Å². The molecule has 0 fully saturated rings. The molecular weight excluding hydrogens is 433 g/mol. The number of alkyl halides is 3. The number of carbonyl (C=O) groups excluding carboxylic acids is 1. The number of ether oxygens (including phenoxy) is 2. The van der Waals surface area contributed by atoms with E-state index in [0.29, 0.717) is 12.3 Å². The highest BCUT2D eigenvalue weighted by Crippen LogP contribution is 2.38. The number of esters is 1. The van der Waals surface area contributed by atoms with Gasteiger partial charge in [-0.1, -0.05) is 23.2 Å². The molecule has 1 aromatic carbocycles. The average molecular weight is 444 g/mol. The molecule has 0 aliphatic rings. The number of methoxy groups -OCH3 is 1. The highest BCUT2D eigenvalue weighted by molar-refractivity contribution is 7.99. The van der Waals surface area contributed by atoms with Crippen molar-refractivity contribution < 1.29 is 31.8 Å². The van der Waals surface area contributed by atoms with Crippen molar-refractivity contribution in [3.8, 4) is 17.0 Å². The Hall–Kier alpha value is -1.71. The lowest BCUT2D eigenvalue weighted by Crippen LogP contribution is -2.25. The summed E-state index contributed by atoms with van der Waals surface area (Å²) in [7, 11) is 1.17. The van der Waals surface area contributed by atoms with Gasteiger partial charge < -0.3 is 9.47 Å². The van der Waals surface area contributed by atoms with Gasteiger partial charge in [-0.15, -0.1) is 11.8 Å². The van der Waals surface area contributed by atoms with Crippen molar-refractivity contribution in [1.82, 2.24) is 4.98 Å². The maximum atomic E-state index is 14.3. The molecule has 0 saturated heterocycles. The zero-order valence-electron chi connectivity index (χ0n) is 13.7. The fourth-order valence-corrected chi connectivity index (χ4v) is 2.95. The number of pyridine rings is 1. The number of nitrogens with zero attached hydrogens (tertiary/aromatic N) is 1. The number of halogens is 6. The van der Waals surface area contributed by atoms with E-state index in [2.05, 4.69) is 9.72 Å². The quantitative estimate of drug-likeness (QED) is 0.349. The number of rotatable bonds is 5. The van der Waals surface area contributed by atoms with E-state index < -0.39 is 34.0 Å². The van der Waals surface area contributed by atoms with Crippen LogP contribution in [0.2, 0.25) is 10.0 Å². The second-order valence-corrected chi connectivity index (χ2v) is 6.74. The van der Waals surface area contributed by atoms with Gasteiger partial charge in [0.05, 0.1) is 28.4 Å². The van der Waals surface area contributed by atoms with Gasteiger partial charge in [-0.05, 0) is 24.5 Å². The Balaban J connectivity index is 2.48. The van der Waals surface area contributed by atoms with E-state index in [4.69, 9.17) is 27.9 Å². The van der Waals surface area contributed by atoms with Crippen LogP contribution in [0.4, 0.5) is 17.6 Å². The van der Waals surface area contributed by atoms with Gasteiger partial charge in [-0.3, -0.25) is 4.98 Å². The Bertz CT molecular complexity index is 864. The standard InChI is InChI=1S/C16H11Cl2F4NO3S/c1-25-14(24)15(27-2)26-12-4-8(11(19)5-9(12)17)13-10(18)3-7(6-23-13)16(20,21)22/h3-6,15H,1-2H3. The topological polar surface area (TPSA) is 48.4 Å². The molecule has 1 unspecified atom stereocenters. The van der Waals surface area contributed by atoms with E-state index in [9.17, 15) is 22.4 Å². The molecule has 2 rings (SSSR count). The van der Waals surface area contributed by atoms with Crippen LogP contribution in [0.1, 0.15) is 5.56 Å². The van der Waals surface area contributed by atoms with Crippen LogP contribution in [-0.2, 0) is 15.7 Å². The third-order valence-corrected chi connectivity index (χ3v) is 4.59. The van der Waals surface area contributed by atoms with Crippen molar-refractivity contribution in [2.24, 2.45) is 0 Å². The molecule has 0 aliphatic carbocycles. The summed E-state index contributed by atoms with van der Waals surface area (Å²) < 4.78 is 62.5. The third-order valence-electron chi connectivity index (χ3n) is 3.29. The van der Waals surface area contributed by atoms with Gasteiger partial charge in [0.15, 0.2) is 0 Å². The van der Waals surface area contributed by atoms with Crippen molar-refractivity contribution in [2.75, 3.05) is 13.4 Å². The second-order valence-electron chi connectivity index (χ2n) is 5.02. The lowest BCUT2D eigenvalue weighted by Gasteiger charge is -2.17. The maximum Gasteiger partial charge on any atom is 0.417 e. The molecule has 0 bridgehead atoms. The lowest BCUT2D eigenvalue weighted by atomic mass is 10.1. The van der Waals surface area contributed by atoms with Gasteiger partial charge in [0.25, 0.3) is 0 Å². The fourth-order valence-electron chi connectivity index (χ4n) is 2.00. The minimum absolute atomic E-state index is 0.0874. The lowest BCUT2D eigenvalue weighted by molar-refractivity contribution is -0.144. The van der Waals surface area contributed by atoms with Crippen molar-refractivity contribution in [3.63, 3.8) is 0 Å². The fraction of sp³-hybridized carbons (Fsp3) is 0.250. The normalized spacial score (nSPS) is 12.6. The molecule has 11 heteroatoms. The smallest absolute Gasteiger partial charge is 0.417 e. The minimum atomic E-state index is -4.64. The number of hydrogen-bond acceptors (Lipinski definition) is 5. The van der Waals surface area contributed by atoms with Crippen LogP contribution >= 0.6 is 35.0 Å². The molecule has 0 saturated carbocycles. The Morgan fingerprint density at radius 3 is 2.41 bits per heavy atom. The van der Waals surface area contributed by atoms with E-state index >= 15 is 0 Å². The van der Waals surface area contributed by atoms with Gasteiger partial charge in [0, 0.05) is 11.8 Å². The zero-order valence-corrected chi connectivity index (χ0v) is 16.1. The SMILES string of the molecule is COC(=O)C(Oc1cc(-c2ncc(C(F)(F)F)cc2Cl)c(F)cc1Cl)SC. The van der Waals surface area contributed by atoms with Gasteiger partial charge in [-0.25, -0.2) is 9.18 Å². The maximum absolute atomic E-state index is 14.3. The molecule has 0 radical (unpaired) electrons. The third kappa shape index (κ3) is 4.97. The molecule has 0 spiro atoms. The molecule has 0 N–H and O–H groups in total. The highest BCUT2D eigenvalue weighted by atomic mass is 35.5. The van der Waals surface area contributed by atoms with E-state index in [-0.39, 0.29) is 22.0 Å². The van der Waals surface area contributed by atoms with Crippen molar-refractivity contribution in [2.45, 2.75) is 11.6 Å². The van der Waals surface area contributed by atoms with Crippen LogP contribution in [0, 0.1) is 5.82 Å². The molecule has 1 atom stereocenters. The molecule has 0 amide bonds. The summed E-state index contributed by atoms with van der Waals surface area (Å²) in [5.74, 6) is -1.66. The molecule has 1 heterocycles. The Kier molecular flexibility index (Phi) is 6.82. The molecule has 146 valence electrons. The van der Waals surface area contributed by atoms with E-state index in [1.807, 2.05) is 0 Å². The van der Waals surface area contributed by atoms with Gasteiger partial charge in [-0.2, -0.15) is 13.2 Å². The van der Waals surface area contributed by atoms with Crippen molar-refractivity contribution in [1.29, 1.82) is 0 Å². The first-order chi connectivity index (χ1) is 12.6. The Labute approximate surface area is 165 Å². The Morgan fingerprint density at radius 1 is 1.22 bits per heavy atom. The summed E-state index contributed by atoms with van der Waals surface area (Å²) in [5.41, 5.74) is -2.63. The summed E-state index contributed by atoms with van der Waals surface area (Å²) in [6.07, 6.45) is -2.53. The monoisotopic (exact) mass is 443 g/mol. The molecule has 0 aliphatic heterocycles. The van der Waals surface area contributed by atoms with Gasteiger partial charge in [0.1, 0.15) is 11.6 Å². The molecule has 1 aromatic heterocycles. The summed E-state index contributed by atoms with van der Waals surface area (Å²) >= 11 is 12.8. The largest absolute Gasteiger partial charge is 0.466 e. The van der Waals surface area contributed by atoms with E-state index in [1.165, 1.54) is 7.11 Å². The van der Waals surface area contributed by atoms with E-state index in [1.54, 1.807) is 6.26 Å². The second kappa shape index (κ2) is 8.53. The van der Waals surface area contributed by atoms with Gasteiger partial charge >= 0.3 is 12.1 Å². The van der Waals surface area contributed by atoms with Crippen LogP contribution in [0.3, 0.4) is 0 Å². The van der Waals surface area contributed by atoms with Crippen LogP contribution in [0.5, 0.6) is 5.75 Å². The highest BCUT2D eigenvalue weighted by Gasteiger charge is 2.32. The van der Waals surface area contributed by atoms with Crippen LogP contribution in [-0.4, -0.2) is 29.8 Å². The summed E-state index contributed by atoms with van der Waals surface area (Å²) in [6.45, 7) is 0. The Morgan fingerprint density at radius 2 is 1.89 bits per heavy atom. The van der Waals surface area contributed by atoms with Gasteiger partial charge in [0.2, 0.25) is 5.44 Å². The predicted octanol–water partition coefficient (Wildman–Crippen LogP) is 5.45.